The molecule has 32 heavy (non-hydrogen) atoms. The molecule has 0 saturated carbocycles. The molecule has 0 radical (unpaired) electrons. The van der Waals surface area contributed by atoms with Gasteiger partial charge in [-0.3, -0.25) is 9.69 Å². The van der Waals surface area contributed by atoms with Crippen LogP contribution in [0, 0.1) is 6.92 Å². The second-order valence-electron chi connectivity index (χ2n) is 7.58. The zero-order valence-electron chi connectivity index (χ0n) is 18.9. The second-order valence-corrected chi connectivity index (χ2v) is 7.58. The number of hydrogen-bond donors (Lipinski definition) is 0. The van der Waals surface area contributed by atoms with Crippen molar-refractivity contribution >= 4 is 11.9 Å². The molecule has 0 bridgehead atoms. The number of rotatable bonds is 7. The molecule has 2 aliphatic rings. The number of hydrogen-bond acceptors (Lipinski definition) is 8. The van der Waals surface area contributed by atoms with Crippen LogP contribution in [0.1, 0.15) is 27.0 Å². The number of fused-ring (bicyclic) bond motifs is 3. The summed E-state index contributed by atoms with van der Waals surface area (Å²) in [4.78, 5) is 15.4. The van der Waals surface area contributed by atoms with Crippen molar-refractivity contribution in [3.05, 3.63) is 46.2 Å². The minimum atomic E-state index is -0.175. The zero-order valence-corrected chi connectivity index (χ0v) is 18.9. The minimum absolute atomic E-state index is 0.175. The number of carbonyl (C=O) groups is 1. The Hall–Kier alpha value is -3.23. The van der Waals surface area contributed by atoms with Gasteiger partial charge in [-0.05, 0) is 30.7 Å². The van der Waals surface area contributed by atoms with E-state index >= 15 is 0 Å². The fourth-order valence-electron chi connectivity index (χ4n) is 3.95. The SMILES string of the molecule is COCCN1COc2cc(C)c3c(c2C1)O/C(=C\c1cc(OC)c(OC)cc1OC)C3=O. The van der Waals surface area contributed by atoms with Crippen LogP contribution >= 0.6 is 0 Å². The van der Waals surface area contributed by atoms with Crippen LogP contribution in [0.25, 0.3) is 6.08 Å². The van der Waals surface area contributed by atoms with Gasteiger partial charge >= 0.3 is 0 Å². The third-order valence-electron chi connectivity index (χ3n) is 5.62. The summed E-state index contributed by atoms with van der Waals surface area (Å²) < 4.78 is 33.5. The van der Waals surface area contributed by atoms with E-state index in [2.05, 4.69) is 4.90 Å². The Morgan fingerprint density at radius 1 is 1.03 bits per heavy atom. The number of Topliss-reactive ketones (excluding diaryl/α,β-unsaturated/α-hetero) is 1. The highest BCUT2D eigenvalue weighted by Crippen LogP contribution is 2.44. The first-order chi connectivity index (χ1) is 15.5. The molecule has 0 aliphatic carbocycles. The topological polar surface area (TPSA) is 75.7 Å². The van der Waals surface area contributed by atoms with Gasteiger partial charge in [0.05, 0.1) is 39.1 Å². The Morgan fingerprint density at radius 3 is 2.44 bits per heavy atom. The monoisotopic (exact) mass is 441 g/mol. The summed E-state index contributed by atoms with van der Waals surface area (Å²) in [6.45, 7) is 4.28. The second kappa shape index (κ2) is 9.10. The van der Waals surface area contributed by atoms with Crippen LogP contribution in [0.4, 0.5) is 0 Å². The van der Waals surface area contributed by atoms with Gasteiger partial charge in [0, 0.05) is 31.8 Å². The first-order valence-corrected chi connectivity index (χ1v) is 10.3. The number of ether oxygens (including phenoxy) is 6. The van der Waals surface area contributed by atoms with E-state index in [4.69, 9.17) is 28.4 Å². The molecule has 0 amide bonds. The highest BCUT2D eigenvalue weighted by molar-refractivity contribution is 6.16. The number of methoxy groups -OCH3 is 4. The minimum Gasteiger partial charge on any atom is -0.496 e. The number of nitrogens with zero attached hydrogens (tertiary/aromatic N) is 1. The van der Waals surface area contributed by atoms with E-state index in [1.165, 1.54) is 0 Å². The highest BCUT2D eigenvalue weighted by atomic mass is 16.5. The van der Waals surface area contributed by atoms with E-state index in [0.29, 0.717) is 54.0 Å². The quantitative estimate of drug-likeness (QED) is 0.605. The lowest BCUT2D eigenvalue weighted by Gasteiger charge is -2.29. The molecule has 0 saturated heterocycles. The molecule has 2 aromatic rings. The molecule has 4 rings (SSSR count). The maximum absolute atomic E-state index is 13.3. The van der Waals surface area contributed by atoms with Crippen molar-refractivity contribution in [2.75, 3.05) is 48.3 Å². The van der Waals surface area contributed by atoms with Crippen molar-refractivity contribution in [1.82, 2.24) is 4.90 Å². The Kier molecular flexibility index (Phi) is 6.25. The van der Waals surface area contributed by atoms with Crippen LogP contribution in [-0.4, -0.2) is 59.0 Å². The van der Waals surface area contributed by atoms with Gasteiger partial charge in [0.2, 0.25) is 5.78 Å². The standard InChI is InChI=1S/C24H27NO7/c1-14-8-18-16(12-25(13-31-18)6-7-27-2)24-22(14)23(26)21(32-24)10-15-9-19(29-4)20(30-5)11-17(15)28-3/h8-11H,6-7,12-13H2,1-5H3/b21-10-. The van der Waals surface area contributed by atoms with Gasteiger partial charge in [-0.25, -0.2) is 0 Å². The summed E-state index contributed by atoms with van der Waals surface area (Å²) >= 11 is 0. The van der Waals surface area contributed by atoms with E-state index in [0.717, 1.165) is 23.4 Å². The summed E-state index contributed by atoms with van der Waals surface area (Å²) in [5.41, 5.74) is 2.89. The van der Waals surface area contributed by atoms with Gasteiger partial charge < -0.3 is 28.4 Å². The Morgan fingerprint density at radius 2 is 1.75 bits per heavy atom. The number of aryl methyl sites for hydroxylation is 1. The zero-order chi connectivity index (χ0) is 22.8. The van der Waals surface area contributed by atoms with E-state index in [-0.39, 0.29) is 11.5 Å². The molecular formula is C24H27NO7. The largest absolute Gasteiger partial charge is 0.496 e. The van der Waals surface area contributed by atoms with Crippen molar-refractivity contribution in [1.29, 1.82) is 0 Å². The van der Waals surface area contributed by atoms with Gasteiger partial charge in [0.15, 0.2) is 17.3 Å². The predicted octanol–water partition coefficient (Wildman–Crippen LogP) is 3.44. The maximum Gasteiger partial charge on any atom is 0.232 e. The molecule has 2 aliphatic heterocycles. The fourth-order valence-corrected chi connectivity index (χ4v) is 3.95. The lowest BCUT2D eigenvalue weighted by molar-refractivity contribution is 0.0646. The van der Waals surface area contributed by atoms with Gasteiger partial charge in [0.25, 0.3) is 0 Å². The molecule has 8 heteroatoms. The molecule has 2 heterocycles. The van der Waals surface area contributed by atoms with Crippen LogP contribution in [0.15, 0.2) is 24.0 Å². The Labute approximate surface area is 187 Å². The van der Waals surface area contributed by atoms with Crippen LogP contribution in [0.5, 0.6) is 28.7 Å². The van der Waals surface area contributed by atoms with Crippen LogP contribution in [0.3, 0.4) is 0 Å². The fraction of sp³-hybridized carbons (Fsp3) is 0.375. The van der Waals surface area contributed by atoms with Crippen LogP contribution < -0.4 is 23.7 Å². The maximum atomic E-state index is 13.3. The lowest BCUT2D eigenvalue weighted by Crippen LogP contribution is -2.34. The summed E-state index contributed by atoms with van der Waals surface area (Å²) in [5.74, 6) is 2.94. The van der Waals surface area contributed by atoms with Crippen molar-refractivity contribution < 1.29 is 33.2 Å². The number of benzene rings is 2. The molecule has 0 aromatic heterocycles. The van der Waals surface area contributed by atoms with E-state index in [9.17, 15) is 4.79 Å². The number of carbonyl (C=O) groups excluding carboxylic acids is 1. The van der Waals surface area contributed by atoms with Gasteiger partial charge in [-0.2, -0.15) is 0 Å². The van der Waals surface area contributed by atoms with Crippen molar-refractivity contribution in [3.8, 4) is 28.7 Å². The highest BCUT2D eigenvalue weighted by Gasteiger charge is 2.35. The molecule has 0 N–H and O–H groups in total. The third-order valence-corrected chi connectivity index (χ3v) is 5.62. The number of ketones is 1. The lowest BCUT2D eigenvalue weighted by atomic mass is 9.98. The van der Waals surface area contributed by atoms with Gasteiger partial charge in [0.1, 0.15) is 24.0 Å². The molecule has 0 fully saturated rings. The Bertz CT molecular complexity index is 1080. The average Bonchev–Trinajstić information content (AvgIpc) is 3.14. The van der Waals surface area contributed by atoms with Gasteiger partial charge in [-0.1, -0.05) is 0 Å². The van der Waals surface area contributed by atoms with E-state index in [1.54, 1.807) is 46.6 Å². The molecule has 0 spiro atoms. The average molecular weight is 441 g/mol. The smallest absolute Gasteiger partial charge is 0.232 e. The molecule has 0 unspecified atom stereocenters. The first kappa shape index (κ1) is 22.0. The van der Waals surface area contributed by atoms with Crippen molar-refractivity contribution in [2.45, 2.75) is 13.5 Å². The molecule has 8 nitrogen and oxygen atoms in total. The molecule has 2 aromatic carbocycles. The van der Waals surface area contributed by atoms with Crippen molar-refractivity contribution in [3.63, 3.8) is 0 Å². The molecule has 170 valence electrons. The van der Waals surface area contributed by atoms with Crippen LogP contribution in [0.2, 0.25) is 0 Å². The summed E-state index contributed by atoms with van der Waals surface area (Å²) in [5, 5.41) is 0. The normalized spacial score (nSPS) is 16.3. The molecule has 0 atom stereocenters. The predicted molar refractivity (Wildman–Crippen MR) is 118 cm³/mol. The summed E-state index contributed by atoms with van der Waals surface area (Å²) in [6, 6.07) is 5.37. The summed E-state index contributed by atoms with van der Waals surface area (Å²) in [6.07, 6.45) is 1.67. The van der Waals surface area contributed by atoms with Gasteiger partial charge in [-0.15, -0.1) is 0 Å². The molecular weight excluding hydrogens is 414 g/mol. The van der Waals surface area contributed by atoms with E-state index < -0.39 is 0 Å². The Balaban J connectivity index is 1.73. The first-order valence-electron chi connectivity index (χ1n) is 10.3. The third kappa shape index (κ3) is 3.87. The van der Waals surface area contributed by atoms with Crippen LogP contribution in [-0.2, 0) is 11.3 Å². The van der Waals surface area contributed by atoms with Crippen molar-refractivity contribution in [2.24, 2.45) is 0 Å². The number of allylic oxidation sites excluding steroid dienone is 1. The van der Waals surface area contributed by atoms with E-state index in [1.807, 2.05) is 13.0 Å². The summed E-state index contributed by atoms with van der Waals surface area (Å²) in [7, 11) is 6.34.